The van der Waals surface area contributed by atoms with Crippen LogP contribution in [-0.4, -0.2) is 21.7 Å². The average Bonchev–Trinajstić information content (AvgIpc) is 3.22. The van der Waals surface area contributed by atoms with Crippen LogP contribution in [0.15, 0.2) is 76.2 Å². The minimum atomic E-state index is -0.578. The number of aromatic nitrogens is 2. The number of fused-ring (bicyclic) bond motifs is 1. The summed E-state index contributed by atoms with van der Waals surface area (Å²) in [5.41, 5.74) is 1.82. The van der Waals surface area contributed by atoms with Crippen LogP contribution < -0.4 is 10.9 Å². The van der Waals surface area contributed by atoms with Crippen molar-refractivity contribution in [1.82, 2.24) is 9.78 Å². The molecule has 150 valence electrons. The lowest BCUT2D eigenvalue weighted by atomic mass is 10.1. The van der Waals surface area contributed by atoms with Crippen LogP contribution in [-0.2, 0) is 16.1 Å². The second-order valence-corrected chi connectivity index (χ2v) is 6.57. The molecule has 0 radical (unpaired) electrons. The number of rotatable bonds is 5. The zero-order chi connectivity index (χ0) is 21.1. The third-order valence-electron chi connectivity index (χ3n) is 4.35. The summed E-state index contributed by atoms with van der Waals surface area (Å²) in [6.45, 7) is 1.27. The zero-order valence-corrected chi connectivity index (χ0v) is 16.0. The Bertz CT molecular complexity index is 1290. The first-order valence-corrected chi connectivity index (χ1v) is 9.11. The molecule has 0 aliphatic carbocycles. The number of para-hydroxylation sites is 1. The van der Waals surface area contributed by atoms with Crippen molar-refractivity contribution in [3.63, 3.8) is 0 Å². The van der Waals surface area contributed by atoms with E-state index in [4.69, 9.17) is 9.15 Å². The summed E-state index contributed by atoms with van der Waals surface area (Å²) in [6.07, 6.45) is 3.00. The second kappa shape index (κ2) is 8.04. The second-order valence-electron chi connectivity index (χ2n) is 6.57. The quantitative estimate of drug-likeness (QED) is 0.405. The summed E-state index contributed by atoms with van der Waals surface area (Å²) in [7, 11) is 0. The number of ether oxygens (including phenoxy) is 1. The molecule has 8 nitrogen and oxygen atoms in total. The number of nitrogens with zero attached hydrogens (tertiary/aromatic N) is 2. The maximum atomic E-state index is 12.4. The van der Waals surface area contributed by atoms with Gasteiger partial charge in [0.1, 0.15) is 12.2 Å². The lowest BCUT2D eigenvalue weighted by Crippen LogP contribution is -2.08. The predicted molar refractivity (Wildman–Crippen MR) is 109 cm³/mol. The lowest BCUT2D eigenvalue weighted by Gasteiger charge is -2.08. The van der Waals surface area contributed by atoms with Gasteiger partial charge in [0.15, 0.2) is 0 Å². The molecule has 2 aromatic heterocycles. The van der Waals surface area contributed by atoms with E-state index in [9.17, 15) is 14.4 Å². The average molecular weight is 403 g/mol. The summed E-state index contributed by atoms with van der Waals surface area (Å²) in [5, 5.41) is 7.41. The SMILES string of the molecule is CC(=O)Nc1ccc2c(COC(=O)c3cnn(-c4ccccc4)c3)cc(=O)oc2c1. The monoisotopic (exact) mass is 403 g/mol. The Balaban J connectivity index is 1.53. The summed E-state index contributed by atoms with van der Waals surface area (Å²) in [4.78, 5) is 35.6. The summed E-state index contributed by atoms with van der Waals surface area (Å²) < 4.78 is 12.2. The van der Waals surface area contributed by atoms with Gasteiger partial charge >= 0.3 is 11.6 Å². The molecule has 0 unspecified atom stereocenters. The van der Waals surface area contributed by atoms with Crippen molar-refractivity contribution in [3.05, 3.63) is 88.5 Å². The van der Waals surface area contributed by atoms with Crippen LogP contribution in [0.4, 0.5) is 5.69 Å². The molecule has 0 spiro atoms. The van der Waals surface area contributed by atoms with E-state index >= 15 is 0 Å². The van der Waals surface area contributed by atoms with Gasteiger partial charge in [0, 0.05) is 41.9 Å². The minimum absolute atomic E-state index is 0.114. The van der Waals surface area contributed by atoms with Gasteiger partial charge < -0.3 is 14.5 Å². The van der Waals surface area contributed by atoms with Gasteiger partial charge in [0.2, 0.25) is 5.91 Å². The number of amides is 1. The van der Waals surface area contributed by atoms with Crippen molar-refractivity contribution < 1.29 is 18.7 Å². The first kappa shape index (κ1) is 19.1. The number of hydrogen-bond acceptors (Lipinski definition) is 6. The van der Waals surface area contributed by atoms with E-state index in [1.54, 1.807) is 29.1 Å². The normalized spacial score (nSPS) is 10.7. The molecule has 1 N–H and O–H groups in total. The molecule has 4 rings (SSSR count). The van der Waals surface area contributed by atoms with E-state index in [0.717, 1.165) is 5.69 Å². The number of anilines is 1. The van der Waals surface area contributed by atoms with E-state index in [-0.39, 0.29) is 18.1 Å². The van der Waals surface area contributed by atoms with E-state index in [1.165, 1.54) is 19.2 Å². The highest BCUT2D eigenvalue weighted by molar-refractivity contribution is 5.92. The molecule has 2 aromatic carbocycles. The summed E-state index contributed by atoms with van der Waals surface area (Å²) >= 11 is 0. The molecule has 0 aliphatic rings. The van der Waals surface area contributed by atoms with Crippen LogP contribution in [0.3, 0.4) is 0 Å². The Kier molecular flexibility index (Phi) is 5.13. The Morgan fingerprint density at radius 3 is 2.70 bits per heavy atom. The fraction of sp³-hybridized carbons (Fsp3) is 0.0909. The van der Waals surface area contributed by atoms with E-state index < -0.39 is 11.6 Å². The highest BCUT2D eigenvalue weighted by Gasteiger charge is 2.14. The topological polar surface area (TPSA) is 103 Å². The number of benzene rings is 2. The maximum Gasteiger partial charge on any atom is 0.341 e. The van der Waals surface area contributed by atoms with Gasteiger partial charge in [-0.15, -0.1) is 0 Å². The smallest absolute Gasteiger partial charge is 0.341 e. The van der Waals surface area contributed by atoms with Gasteiger partial charge in [-0.2, -0.15) is 5.10 Å². The van der Waals surface area contributed by atoms with Gasteiger partial charge in [-0.3, -0.25) is 4.79 Å². The molecule has 4 aromatic rings. The van der Waals surface area contributed by atoms with Crippen molar-refractivity contribution in [1.29, 1.82) is 0 Å². The molecule has 0 saturated carbocycles. The zero-order valence-electron chi connectivity index (χ0n) is 16.0. The van der Waals surface area contributed by atoms with Gasteiger partial charge in [-0.1, -0.05) is 18.2 Å². The first-order chi connectivity index (χ1) is 14.5. The molecule has 1 amide bonds. The maximum absolute atomic E-state index is 12.4. The molecule has 0 aliphatic heterocycles. The molecule has 0 fully saturated rings. The summed E-state index contributed by atoms with van der Waals surface area (Å²) in [5.74, 6) is -0.800. The van der Waals surface area contributed by atoms with E-state index in [2.05, 4.69) is 10.4 Å². The Labute approximate surface area is 170 Å². The Morgan fingerprint density at radius 2 is 1.93 bits per heavy atom. The molecule has 30 heavy (non-hydrogen) atoms. The minimum Gasteiger partial charge on any atom is -0.457 e. The van der Waals surface area contributed by atoms with Crippen molar-refractivity contribution in [3.8, 4) is 5.69 Å². The molecule has 8 heteroatoms. The van der Waals surface area contributed by atoms with Crippen LogP contribution in [0.2, 0.25) is 0 Å². The third-order valence-corrected chi connectivity index (χ3v) is 4.35. The van der Waals surface area contributed by atoms with Crippen molar-refractivity contribution in [2.24, 2.45) is 0 Å². The number of hydrogen-bond donors (Lipinski definition) is 1. The predicted octanol–water partition coefficient (Wildman–Crippen LogP) is 3.29. The highest BCUT2D eigenvalue weighted by atomic mass is 16.5. The molecule has 2 heterocycles. The van der Waals surface area contributed by atoms with Gasteiger partial charge in [0.25, 0.3) is 0 Å². The standard InChI is InChI=1S/C22H17N3O5/c1-14(26)24-17-7-8-19-15(9-21(27)30-20(19)10-17)13-29-22(28)16-11-23-25(12-16)18-5-3-2-4-6-18/h2-12H,13H2,1H3,(H,24,26). The van der Waals surface area contributed by atoms with Crippen LogP contribution in [0.25, 0.3) is 16.7 Å². The third kappa shape index (κ3) is 4.12. The molecule has 0 bridgehead atoms. The molecule has 0 atom stereocenters. The van der Waals surface area contributed by atoms with Gasteiger partial charge in [0.05, 0.1) is 17.4 Å². The van der Waals surface area contributed by atoms with Crippen LogP contribution in [0, 0.1) is 0 Å². The van der Waals surface area contributed by atoms with Crippen molar-refractivity contribution in [2.45, 2.75) is 13.5 Å². The fourth-order valence-corrected chi connectivity index (χ4v) is 3.01. The van der Waals surface area contributed by atoms with Gasteiger partial charge in [-0.25, -0.2) is 14.3 Å². The number of carbonyl (C=O) groups excluding carboxylic acids is 2. The van der Waals surface area contributed by atoms with E-state index in [1.807, 2.05) is 30.3 Å². The fourth-order valence-electron chi connectivity index (χ4n) is 3.01. The lowest BCUT2D eigenvalue weighted by molar-refractivity contribution is -0.114. The number of nitrogens with one attached hydrogen (secondary N) is 1. The molecular formula is C22H17N3O5. The summed E-state index contributed by atoms with van der Waals surface area (Å²) in [6, 6.07) is 15.6. The van der Waals surface area contributed by atoms with Crippen LogP contribution >= 0.6 is 0 Å². The first-order valence-electron chi connectivity index (χ1n) is 9.11. The Hall–Kier alpha value is -4.20. The van der Waals surface area contributed by atoms with Gasteiger partial charge in [-0.05, 0) is 24.3 Å². The largest absolute Gasteiger partial charge is 0.457 e. The number of carbonyl (C=O) groups is 2. The molecular weight excluding hydrogens is 386 g/mol. The van der Waals surface area contributed by atoms with E-state index in [0.29, 0.717) is 22.2 Å². The van der Waals surface area contributed by atoms with Crippen LogP contribution in [0.5, 0.6) is 0 Å². The number of esters is 1. The Morgan fingerprint density at radius 1 is 1.13 bits per heavy atom. The van der Waals surface area contributed by atoms with Crippen LogP contribution in [0.1, 0.15) is 22.8 Å². The highest BCUT2D eigenvalue weighted by Crippen LogP contribution is 2.22. The van der Waals surface area contributed by atoms with Crippen molar-refractivity contribution >= 4 is 28.5 Å². The van der Waals surface area contributed by atoms with Crippen molar-refractivity contribution in [2.75, 3.05) is 5.32 Å². The molecule has 0 saturated heterocycles.